The molecule has 0 amide bonds. The molecule has 8 nitrogen and oxygen atoms in total. The minimum Gasteiger partial charge on any atom is -0.459 e. The van der Waals surface area contributed by atoms with Crippen molar-refractivity contribution in [3.8, 4) is 0 Å². The molecule has 0 radical (unpaired) electrons. The minimum absolute atomic E-state index is 0.109. The molecule has 1 fully saturated rings. The number of fused-ring (bicyclic) bond motifs is 1. The lowest BCUT2D eigenvalue weighted by Crippen LogP contribution is -2.32. The van der Waals surface area contributed by atoms with E-state index in [1.165, 1.54) is 0 Å². The van der Waals surface area contributed by atoms with E-state index in [0.717, 1.165) is 10.8 Å². The molecule has 1 heterocycles. The van der Waals surface area contributed by atoms with Crippen molar-refractivity contribution >= 4 is 31.3 Å². The maximum Gasteiger partial charge on any atom is 0.339 e. The monoisotopic (exact) mass is 512 g/mol. The average molecular weight is 512 g/mol. The van der Waals surface area contributed by atoms with Gasteiger partial charge in [0.25, 0.3) is 0 Å². The van der Waals surface area contributed by atoms with Crippen LogP contribution in [0.2, 0.25) is 0 Å². The second kappa shape index (κ2) is 12.9. The Kier molecular flexibility index (Phi) is 9.39. The third kappa shape index (κ3) is 6.66. The third-order valence-electron chi connectivity index (χ3n) is 5.49. The Morgan fingerprint density at radius 1 is 0.889 bits per heavy atom. The van der Waals surface area contributed by atoms with Gasteiger partial charge in [0.2, 0.25) is 0 Å². The summed E-state index contributed by atoms with van der Waals surface area (Å²) in [5.41, 5.74) is 0.868. The van der Waals surface area contributed by atoms with Crippen LogP contribution >= 0.6 is 8.60 Å². The van der Waals surface area contributed by atoms with Crippen molar-refractivity contribution in [2.75, 3.05) is 19.8 Å². The van der Waals surface area contributed by atoms with Crippen LogP contribution in [0.25, 0.3) is 10.8 Å². The van der Waals surface area contributed by atoms with E-state index in [-0.39, 0.29) is 13.0 Å². The Bertz CT molecular complexity index is 1140. The van der Waals surface area contributed by atoms with Gasteiger partial charge in [-0.25, -0.2) is 9.59 Å². The lowest BCUT2D eigenvalue weighted by atomic mass is 10.0. The van der Waals surface area contributed by atoms with Gasteiger partial charge in [0.05, 0.1) is 24.3 Å². The highest BCUT2D eigenvalue weighted by Crippen LogP contribution is 2.43. The van der Waals surface area contributed by atoms with Crippen molar-refractivity contribution in [2.45, 2.75) is 38.8 Å². The first kappa shape index (κ1) is 26.2. The maximum absolute atomic E-state index is 13.2. The average Bonchev–Trinajstić information content (AvgIpc) is 3.28. The number of hydrogen-bond donors (Lipinski definition) is 0. The summed E-state index contributed by atoms with van der Waals surface area (Å²) in [7, 11) is -1.63. The summed E-state index contributed by atoms with van der Waals surface area (Å²) >= 11 is 0. The van der Waals surface area contributed by atoms with E-state index < -0.39 is 39.0 Å². The van der Waals surface area contributed by atoms with E-state index in [9.17, 15) is 9.59 Å². The fourth-order valence-electron chi connectivity index (χ4n) is 3.84. The number of esters is 2. The molecule has 1 aliphatic rings. The maximum atomic E-state index is 13.2. The second-order valence-corrected chi connectivity index (χ2v) is 9.11. The molecule has 3 atom stereocenters. The number of hydrogen-bond acceptors (Lipinski definition) is 8. The SMILES string of the molecule is CCOP(OCC)OC1C[C@H](OC(=O)c2cccc3ccccc23)[C@@H](COC(=O)c2ccccc2)O1. The van der Waals surface area contributed by atoms with E-state index in [1.54, 1.807) is 30.3 Å². The van der Waals surface area contributed by atoms with E-state index in [2.05, 4.69) is 0 Å². The Morgan fingerprint density at radius 2 is 1.58 bits per heavy atom. The van der Waals surface area contributed by atoms with Crippen molar-refractivity contribution in [3.63, 3.8) is 0 Å². The molecule has 3 aromatic rings. The summed E-state index contributed by atoms with van der Waals surface area (Å²) in [6, 6.07) is 21.7. The van der Waals surface area contributed by atoms with E-state index in [1.807, 2.05) is 56.3 Å². The summed E-state index contributed by atoms with van der Waals surface area (Å²) in [4.78, 5) is 25.7. The van der Waals surface area contributed by atoms with E-state index in [4.69, 9.17) is 27.8 Å². The fraction of sp³-hybridized carbons (Fsp3) is 0.333. The molecule has 0 aromatic heterocycles. The summed E-state index contributed by atoms with van der Waals surface area (Å²) in [5.74, 6) is -0.981. The topological polar surface area (TPSA) is 89.5 Å². The van der Waals surface area contributed by atoms with Crippen LogP contribution in [0.3, 0.4) is 0 Å². The lowest BCUT2D eigenvalue weighted by Gasteiger charge is -2.20. The lowest BCUT2D eigenvalue weighted by molar-refractivity contribution is -0.103. The highest BCUT2D eigenvalue weighted by Gasteiger charge is 2.41. The number of rotatable bonds is 11. The molecule has 1 unspecified atom stereocenters. The summed E-state index contributed by atoms with van der Waals surface area (Å²) in [6.07, 6.45) is -1.94. The van der Waals surface area contributed by atoms with Crippen LogP contribution in [-0.4, -0.2) is 50.3 Å². The molecule has 1 aliphatic heterocycles. The van der Waals surface area contributed by atoms with Crippen molar-refractivity contribution < 1.29 is 37.4 Å². The standard InChI is InChI=1S/C27H29O8P/c1-3-31-36(32-4-2)35-25-17-23(24(33-25)18-30-26(28)20-12-6-5-7-13-20)34-27(29)22-16-10-14-19-11-8-9-15-21(19)22/h5-16,23-25H,3-4,17-18H2,1-2H3/t23-,24+,25?/m0/s1. The number of carbonyl (C=O) groups excluding carboxylic acids is 2. The third-order valence-corrected chi connectivity index (χ3v) is 6.84. The molecule has 0 N–H and O–H groups in total. The molecular formula is C27H29O8P. The first-order valence-corrected chi connectivity index (χ1v) is 13.0. The predicted molar refractivity (Wildman–Crippen MR) is 134 cm³/mol. The van der Waals surface area contributed by atoms with Gasteiger partial charge in [0.15, 0.2) is 6.29 Å². The van der Waals surface area contributed by atoms with Crippen LogP contribution in [0.1, 0.15) is 41.0 Å². The first-order valence-electron chi connectivity index (χ1n) is 11.9. The number of carbonyl (C=O) groups is 2. The van der Waals surface area contributed by atoms with E-state index >= 15 is 0 Å². The van der Waals surface area contributed by atoms with Crippen molar-refractivity contribution in [3.05, 3.63) is 83.9 Å². The Hall–Kier alpha value is -2.87. The zero-order valence-corrected chi connectivity index (χ0v) is 21.1. The molecule has 190 valence electrons. The molecular weight excluding hydrogens is 483 g/mol. The van der Waals surface area contributed by atoms with Crippen LogP contribution in [0.4, 0.5) is 0 Å². The fourth-order valence-corrected chi connectivity index (χ4v) is 4.79. The zero-order chi connectivity index (χ0) is 25.3. The van der Waals surface area contributed by atoms with Gasteiger partial charge in [-0.1, -0.05) is 54.6 Å². The van der Waals surface area contributed by atoms with Crippen molar-refractivity contribution in [1.29, 1.82) is 0 Å². The van der Waals surface area contributed by atoms with Gasteiger partial charge in [-0.05, 0) is 42.8 Å². The van der Waals surface area contributed by atoms with Crippen molar-refractivity contribution in [2.24, 2.45) is 0 Å². The smallest absolute Gasteiger partial charge is 0.339 e. The summed E-state index contributed by atoms with van der Waals surface area (Å²) in [6.45, 7) is 4.40. The van der Waals surface area contributed by atoms with Gasteiger partial charge in [-0.3, -0.25) is 4.52 Å². The van der Waals surface area contributed by atoms with E-state index in [0.29, 0.717) is 24.3 Å². The van der Waals surface area contributed by atoms with Gasteiger partial charge in [0, 0.05) is 6.42 Å². The highest BCUT2D eigenvalue weighted by atomic mass is 31.2. The molecule has 0 saturated carbocycles. The Labute approximate surface area is 211 Å². The van der Waals surface area contributed by atoms with Crippen LogP contribution < -0.4 is 0 Å². The summed E-state index contributed by atoms with van der Waals surface area (Å²) in [5, 5.41) is 1.73. The molecule has 3 aromatic carbocycles. The highest BCUT2D eigenvalue weighted by molar-refractivity contribution is 7.41. The van der Waals surface area contributed by atoms with Gasteiger partial charge >= 0.3 is 20.5 Å². The zero-order valence-electron chi connectivity index (χ0n) is 20.2. The van der Waals surface area contributed by atoms with Crippen LogP contribution in [0.5, 0.6) is 0 Å². The molecule has 36 heavy (non-hydrogen) atoms. The van der Waals surface area contributed by atoms with Gasteiger partial charge in [-0.15, -0.1) is 0 Å². The predicted octanol–water partition coefficient (Wildman–Crippen LogP) is 5.65. The quantitative estimate of drug-likeness (QED) is 0.240. The normalized spacial score (nSPS) is 19.5. The molecule has 1 saturated heterocycles. The van der Waals surface area contributed by atoms with Gasteiger partial charge in [-0.2, -0.15) is 0 Å². The van der Waals surface area contributed by atoms with Gasteiger partial charge < -0.3 is 23.3 Å². The van der Waals surface area contributed by atoms with Crippen LogP contribution in [-0.2, 0) is 27.8 Å². The minimum atomic E-state index is -1.63. The molecule has 0 spiro atoms. The van der Waals surface area contributed by atoms with Crippen molar-refractivity contribution in [1.82, 2.24) is 0 Å². The molecule has 0 bridgehead atoms. The van der Waals surface area contributed by atoms with Crippen LogP contribution in [0.15, 0.2) is 72.8 Å². The number of ether oxygens (including phenoxy) is 3. The number of benzene rings is 3. The Balaban J connectivity index is 1.48. The summed E-state index contributed by atoms with van der Waals surface area (Å²) < 4.78 is 34.2. The largest absolute Gasteiger partial charge is 0.459 e. The molecule has 4 rings (SSSR count). The Morgan fingerprint density at radius 3 is 2.33 bits per heavy atom. The van der Waals surface area contributed by atoms with Gasteiger partial charge in [0.1, 0.15) is 18.8 Å². The first-order chi connectivity index (χ1) is 17.6. The van der Waals surface area contributed by atoms with Crippen LogP contribution in [0, 0.1) is 0 Å². The second-order valence-electron chi connectivity index (χ2n) is 7.94. The molecule has 0 aliphatic carbocycles. The molecule has 9 heteroatoms.